The van der Waals surface area contributed by atoms with Gasteiger partial charge in [-0.1, -0.05) is 0 Å². The number of amides is 1. The molecule has 1 heterocycles. The molecule has 0 aliphatic rings. The first-order valence-electron chi connectivity index (χ1n) is 9.75. The lowest BCUT2D eigenvalue weighted by atomic mass is 10.2. The van der Waals surface area contributed by atoms with Crippen molar-refractivity contribution in [2.24, 2.45) is 0 Å². The van der Waals surface area contributed by atoms with Gasteiger partial charge in [0.05, 0.1) is 26.1 Å². The molecule has 0 fully saturated rings. The maximum absolute atomic E-state index is 13.1. The quantitative estimate of drug-likeness (QED) is 0.394. The van der Waals surface area contributed by atoms with Crippen molar-refractivity contribution in [1.29, 1.82) is 0 Å². The maximum atomic E-state index is 13.1. The number of hydrogen-bond acceptors (Lipinski definition) is 7. The first kappa shape index (κ1) is 24.3. The van der Waals surface area contributed by atoms with Crippen LogP contribution in [0.2, 0.25) is 0 Å². The third kappa shape index (κ3) is 5.90. The first-order valence-corrected chi connectivity index (χ1v) is 11.2. The molecule has 0 bridgehead atoms. The Morgan fingerprint density at radius 1 is 1.03 bits per heavy atom. The van der Waals surface area contributed by atoms with Gasteiger partial charge < -0.3 is 19.9 Å². The van der Waals surface area contributed by atoms with E-state index >= 15 is 0 Å². The Morgan fingerprint density at radius 2 is 1.76 bits per heavy atom. The summed E-state index contributed by atoms with van der Waals surface area (Å²) in [5.74, 6) is -1.51. The fourth-order valence-corrected chi connectivity index (χ4v) is 4.23. The van der Waals surface area contributed by atoms with E-state index < -0.39 is 16.0 Å². The Morgan fingerprint density at radius 3 is 2.35 bits per heavy atom. The number of carbonyl (C=O) groups excluding carboxylic acids is 1. The molecule has 1 aromatic heterocycles. The standard InChI is InChI=1S/C23H21N3O7S/c1-32-19-12-15(5-10-21(27)28)13-20(22(19)33-2)34(30,31)26-17-8-6-16(7-9-17)23(29)25-18-4-3-11-24-14-18/h3-14,26H,1-2H3,(H,25,29)(H,27,28). The molecule has 3 N–H and O–H groups in total. The molecule has 2 aromatic carbocycles. The predicted molar refractivity (Wildman–Crippen MR) is 126 cm³/mol. The number of carboxylic acid groups (broad SMARTS) is 1. The number of nitrogens with zero attached hydrogens (tertiary/aromatic N) is 1. The highest BCUT2D eigenvalue weighted by Gasteiger charge is 2.24. The monoisotopic (exact) mass is 483 g/mol. The van der Waals surface area contributed by atoms with Crippen LogP contribution in [-0.2, 0) is 14.8 Å². The van der Waals surface area contributed by atoms with Crippen LogP contribution < -0.4 is 19.5 Å². The number of anilines is 2. The summed E-state index contributed by atoms with van der Waals surface area (Å²) in [4.78, 5) is 26.9. The summed E-state index contributed by atoms with van der Waals surface area (Å²) in [5.41, 5.74) is 1.32. The molecule has 0 unspecified atom stereocenters. The number of benzene rings is 2. The number of ether oxygens (including phenoxy) is 2. The molecule has 3 aromatic rings. The smallest absolute Gasteiger partial charge is 0.328 e. The van der Waals surface area contributed by atoms with Crippen LogP contribution in [0.3, 0.4) is 0 Å². The second-order valence-corrected chi connectivity index (χ2v) is 8.46. The van der Waals surface area contributed by atoms with Gasteiger partial charge in [-0.15, -0.1) is 0 Å². The van der Waals surface area contributed by atoms with Gasteiger partial charge in [-0.05, 0) is 60.2 Å². The molecular formula is C23H21N3O7S. The van der Waals surface area contributed by atoms with Crippen LogP contribution in [0.1, 0.15) is 15.9 Å². The normalized spacial score (nSPS) is 11.1. The van der Waals surface area contributed by atoms with Gasteiger partial charge in [0.25, 0.3) is 15.9 Å². The molecule has 0 spiro atoms. The van der Waals surface area contributed by atoms with Gasteiger partial charge in [-0.25, -0.2) is 13.2 Å². The van der Waals surface area contributed by atoms with Crippen molar-refractivity contribution in [3.05, 3.63) is 78.1 Å². The Labute approximate surface area is 195 Å². The van der Waals surface area contributed by atoms with Crippen molar-refractivity contribution < 1.29 is 32.6 Å². The van der Waals surface area contributed by atoms with E-state index in [9.17, 15) is 18.0 Å². The fourth-order valence-electron chi connectivity index (χ4n) is 2.95. The van der Waals surface area contributed by atoms with Crippen LogP contribution in [0.5, 0.6) is 11.5 Å². The molecule has 3 rings (SSSR count). The zero-order chi connectivity index (χ0) is 24.7. The first-order chi connectivity index (χ1) is 16.2. The molecule has 0 radical (unpaired) electrons. The second-order valence-electron chi connectivity index (χ2n) is 6.80. The van der Waals surface area contributed by atoms with E-state index in [0.29, 0.717) is 11.3 Å². The van der Waals surface area contributed by atoms with Crippen LogP contribution >= 0.6 is 0 Å². The molecule has 34 heavy (non-hydrogen) atoms. The minimum Gasteiger partial charge on any atom is -0.493 e. The van der Waals surface area contributed by atoms with Crippen LogP contribution in [0, 0.1) is 0 Å². The van der Waals surface area contributed by atoms with E-state index in [-0.39, 0.29) is 33.6 Å². The van der Waals surface area contributed by atoms with Crippen LogP contribution in [-0.4, -0.2) is 44.6 Å². The third-order valence-electron chi connectivity index (χ3n) is 4.49. The summed E-state index contributed by atoms with van der Waals surface area (Å²) in [6.07, 6.45) is 5.19. The van der Waals surface area contributed by atoms with E-state index in [0.717, 1.165) is 6.08 Å². The fraction of sp³-hybridized carbons (Fsp3) is 0.0870. The van der Waals surface area contributed by atoms with Crippen molar-refractivity contribution in [1.82, 2.24) is 4.98 Å². The molecule has 0 aliphatic carbocycles. The van der Waals surface area contributed by atoms with Gasteiger partial charge >= 0.3 is 5.97 Å². The summed E-state index contributed by atoms with van der Waals surface area (Å²) in [6, 6.07) is 11.9. The van der Waals surface area contributed by atoms with E-state index in [2.05, 4.69) is 15.0 Å². The number of hydrogen-bond donors (Lipinski definition) is 3. The lowest BCUT2D eigenvalue weighted by Crippen LogP contribution is -2.15. The number of rotatable bonds is 9. The van der Waals surface area contributed by atoms with E-state index in [4.69, 9.17) is 14.6 Å². The molecular weight excluding hydrogens is 462 g/mol. The lowest BCUT2D eigenvalue weighted by Gasteiger charge is -2.15. The number of carbonyl (C=O) groups is 2. The Kier molecular flexibility index (Phi) is 7.49. The molecule has 0 saturated heterocycles. The maximum Gasteiger partial charge on any atom is 0.328 e. The van der Waals surface area contributed by atoms with Crippen LogP contribution in [0.25, 0.3) is 6.08 Å². The minimum absolute atomic E-state index is 0.0463. The van der Waals surface area contributed by atoms with Crippen molar-refractivity contribution in [2.45, 2.75) is 4.90 Å². The number of aromatic nitrogens is 1. The van der Waals surface area contributed by atoms with Crippen LogP contribution in [0.15, 0.2) is 71.9 Å². The van der Waals surface area contributed by atoms with E-state index in [1.165, 1.54) is 62.9 Å². The third-order valence-corrected chi connectivity index (χ3v) is 5.88. The van der Waals surface area contributed by atoms with E-state index in [1.54, 1.807) is 18.3 Å². The minimum atomic E-state index is -4.18. The average Bonchev–Trinajstić information content (AvgIpc) is 2.82. The number of aliphatic carboxylic acids is 1. The molecule has 0 aliphatic heterocycles. The summed E-state index contributed by atoms with van der Waals surface area (Å²) >= 11 is 0. The van der Waals surface area contributed by atoms with Crippen molar-refractivity contribution in [3.8, 4) is 11.5 Å². The Balaban J connectivity index is 1.87. The molecule has 10 nitrogen and oxygen atoms in total. The van der Waals surface area contributed by atoms with Crippen molar-refractivity contribution in [3.63, 3.8) is 0 Å². The number of methoxy groups -OCH3 is 2. The zero-order valence-electron chi connectivity index (χ0n) is 18.2. The highest BCUT2D eigenvalue weighted by Crippen LogP contribution is 2.37. The van der Waals surface area contributed by atoms with Crippen molar-refractivity contribution >= 4 is 39.4 Å². The molecule has 0 atom stereocenters. The molecule has 176 valence electrons. The van der Waals surface area contributed by atoms with Gasteiger partial charge in [0, 0.05) is 23.5 Å². The predicted octanol–water partition coefficient (Wildman–Crippen LogP) is 3.25. The number of pyridine rings is 1. The average molecular weight is 484 g/mol. The number of nitrogens with one attached hydrogen (secondary N) is 2. The molecule has 0 saturated carbocycles. The van der Waals surface area contributed by atoms with Gasteiger partial charge in [0.15, 0.2) is 11.5 Å². The largest absolute Gasteiger partial charge is 0.493 e. The zero-order valence-corrected chi connectivity index (χ0v) is 19.0. The summed E-state index contributed by atoms with van der Waals surface area (Å²) in [6.45, 7) is 0. The summed E-state index contributed by atoms with van der Waals surface area (Å²) < 4.78 is 39.1. The van der Waals surface area contributed by atoms with Crippen molar-refractivity contribution in [2.75, 3.05) is 24.3 Å². The Bertz CT molecular complexity index is 1320. The number of carboxylic acids is 1. The summed E-state index contributed by atoms with van der Waals surface area (Å²) in [5, 5.41) is 11.6. The van der Waals surface area contributed by atoms with E-state index in [1.807, 2.05) is 0 Å². The topological polar surface area (TPSA) is 144 Å². The highest BCUT2D eigenvalue weighted by molar-refractivity contribution is 7.92. The summed E-state index contributed by atoms with van der Waals surface area (Å²) in [7, 11) is -1.55. The van der Waals surface area contributed by atoms with Gasteiger partial charge in [0.2, 0.25) is 0 Å². The van der Waals surface area contributed by atoms with Gasteiger partial charge in [0.1, 0.15) is 4.90 Å². The molecule has 11 heteroatoms. The molecule has 1 amide bonds. The van der Waals surface area contributed by atoms with Gasteiger partial charge in [-0.3, -0.25) is 14.5 Å². The lowest BCUT2D eigenvalue weighted by molar-refractivity contribution is -0.131. The van der Waals surface area contributed by atoms with Crippen LogP contribution in [0.4, 0.5) is 11.4 Å². The Hall–Kier alpha value is -4.38. The highest BCUT2D eigenvalue weighted by atomic mass is 32.2. The second kappa shape index (κ2) is 10.5. The number of sulfonamides is 1. The SMILES string of the molecule is COc1cc(C=CC(=O)O)cc(S(=O)(=O)Nc2ccc(C(=O)Nc3cccnc3)cc2)c1OC. The van der Waals surface area contributed by atoms with Gasteiger partial charge in [-0.2, -0.15) is 0 Å².